The Hall–Kier alpha value is -0.810. The highest BCUT2D eigenvalue weighted by molar-refractivity contribution is 6.13. The van der Waals surface area contributed by atoms with Gasteiger partial charge in [-0.2, -0.15) is 5.10 Å². The molecule has 0 aromatic carbocycles. The Morgan fingerprint density at radius 1 is 1.53 bits per heavy atom. The van der Waals surface area contributed by atoms with E-state index in [0.717, 1.165) is 0 Å². The minimum absolute atomic E-state index is 0. The molecule has 1 unspecified atom stereocenters. The van der Waals surface area contributed by atoms with Crippen molar-refractivity contribution in [3.05, 3.63) is 12.2 Å². The molecule has 0 radical (unpaired) electrons. The van der Waals surface area contributed by atoms with E-state index in [0.29, 0.717) is 0 Å². The van der Waals surface area contributed by atoms with E-state index in [2.05, 4.69) is 14.9 Å². The second-order valence-electron chi connectivity index (χ2n) is 3.90. The summed E-state index contributed by atoms with van der Waals surface area (Å²) >= 11 is 5.33. The molecule has 9 nitrogen and oxygen atoms in total. The lowest BCUT2D eigenvalue weighted by Gasteiger charge is -2.14. The minimum Gasteiger partial charge on any atom is -0.394 e. The van der Waals surface area contributed by atoms with Crippen LogP contribution in [-0.2, 0) is 4.74 Å². The molecule has 6 N–H and O–H groups in total. The highest BCUT2D eigenvalue weighted by atomic mass is 35.5. The molecule has 1 aromatic rings. The normalized spacial score (nSPS) is 32.1. The smallest absolute Gasteiger partial charge is 0.183 e. The van der Waals surface area contributed by atoms with Crippen molar-refractivity contribution in [2.45, 2.75) is 38.1 Å². The molecular weight excluding hydrogens is 278 g/mol. The molecule has 0 bridgehead atoms. The zero-order chi connectivity index (χ0) is 13.3. The molecule has 0 spiro atoms. The van der Waals surface area contributed by atoms with Crippen molar-refractivity contribution in [1.29, 1.82) is 0 Å². The van der Waals surface area contributed by atoms with Gasteiger partial charge in [-0.1, -0.05) is 7.43 Å². The maximum absolute atomic E-state index is 9.77. The van der Waals surface area contributed by atoms with E-state index in [1.54, 1.807) is 0 Å². The lowest BCUT2D eigenvalue weighted by Crippen LogP contribution is -2.33. The molecule has 1 aromatic heterocycles. The quantitative estimate of drug-likeness (QED) is 0.325. The lowest BCUT2D eigenvalue weighted by atomic mass is 10.1. The first-order chi connectivity index (χ1) is 8.58. The highest BCUT2D eigenvalue weighted by Gasteiger charge is 2.43. The summed E-state index contributed by atoms with van der Waals surface area (Å²) < 4.78 is 6.48. The third-order valence-corrected chi connectivity index (χ3v) is 2.93. The van der Waals surface area contributed by atoms with E-state index in [1.807, 2.05) is 0 Å². The first-order valence-electron chi connectivity index (χ1n) is 5.23. The predicted octanol–water partition coefficient (Wildman–Crippen LogP) is -1.77. The van der Waals surface area contributed by atoms with Crippen molar-refractivity contribution in [2.75, 3.05) is 6.61 Å². The minimum atomic E-state index is -1.21. The van der Waals surface area contributed by atoms with Gasteiger partial charge in [0, 0.05) is 0 Å². The Morgan fingerprint density at radius 2 is 2.21 bits per heavy atom. The number of nitrogens with one attached hydrogen (secondary N) is 1. The van der Waals surface area contributed by atoms with E-state index in [9.17, 15) is 10.2 Å². The van der Waals surface area contributed by atoms with Crippen molar-refractivity contribution < 1.29 is 20.1 Å². The van der Waals surface area contributed by atoms with E-state index >= 15 is 0 Å². The Kier molecular flexibility index (Phi) is 5.62. The summed E-state index contributed by atoms with van der Waals surface area (Å²) in [4.78, 5) is 6.13. The number of nitrogens with zero attached hydrogens (tertiary/aromatic N) is 3. The van der Waals surface area contributed by atoms with Crippen LogP contribution in [0.4, 0.5) is 0 Å². The number of hydrogen-bond acceptors (Lipinski definition) is 8. The molecule has 1 aliphatic heterocycles. The number of hydrogen-bond donors (Lipinski definition) is 5. The molecule has 0 amide bonds. The third-order valence-electron chi connectivity index (χ3n) is 2.70. The summed E-state index contributed by atoms with van der Waals surface area (Å²) in [5, 5.41) is 32.3. The monoisotopic (exact) mass is 295 g/mol. The van der Waals surface area contributed by atoms with Crippen LogP contribution < -0.4 is 10.6 Å². The Morgan fingerprint density at radius 3 is 2.74 bits per heavy atom. The molecule has 1 fully saturated rings. The summed E-state index contributed by atoms with van der Waals surface area (Å²) in [7, 11) is 0. The summed E-state index contributed by atoms with van der Waals surface area (Å²) in [6.07, 6.45) is -3.66. The molecule has 19 heavy (non-hydrogen) atoms. The van der Waals surface area contributed by atoms with Crippen molar-refractivity contribution in [3.63, 3.8) is 0 Å². The Balaban J connectivity index is 0.00000180. The largest absolute Gasteiger partial charge is 0.394 e. The van der Waals surface area contributed by atoms with Gasteiger partial charge in [0.2, 0.25) is 0 Å². The van der Waals surface area contributed by atoms with Crippen LogP contribution in [0.2, 0.25) is 0 Å². The zero-order valence-corrected chi connectivity index (χ0v) is 9.97. The van der Waals surface area contributed by atoms with Crippen LogP contribution in [0.15, 0.2) is 6.33 Å². The van der Waals surface area contributed by atoms with Gasteiger partial charge in [0.25, 0.3) is 0 Å². The number of aliphatic hydroxyl groups excluding tert-OH is 3. The van der Waals surface area contributed by atoms with Gasteiger partial charge in [0.05, 0.1) is 6.61 Å². The summed E-state index contributed by atoms with van der Waals surface area (Å²) in [5.41, 5.74) is 5.55. The van der Waals surface area contributed by atoms with Crippen molar-refractivity contribution >= 4 is 11.8 Å². The number of ether oxygens (including phenoxy) is 1. The molecular formula is C9H18ClN5O4. The molecule has 2 rings (SSSR count). The summed E-state index contributed by atoms with van der Waals surface area (Å²) in [5.74, 6) is 0.211. The SMILES string of the molecule is C.NC(NCl)c1ncn([C@@H]2O[C@H](CO)[C@@H](O)[C@H]2O)n1. The molecule has 0 aliphatic carbocycles. The van der Waals surface area contributed by atoms with Gasteiger partial charge in [-0.3, -0.25) is 0 Å². The second kappa shape index (κ2) is 6.57. The van der Waals surface area contributed by atoms with Crippen molar-refractivity contribution in [2.24, 2.45) is 5.73 Å². The molecule has 1 aliphatic rings. The number of aromatic nitrogens is 3. The number of aliphatic hydroxyl groups is 3. The van der Waals surface area contributed by atoms with E-state index in [1.165, 1.54) is 11.0 Å². The summed E-state index contributed by atoms with van der Waals surface area (Å²) in [6.45, 7) is -0.404. The van der Waals surface area contributed by atoms with Crippen molar-refractivity contribution in [3.8, 4) is 0 Å². The molecule has 10 heteroatoms. The van der Waals surface area contributed by atoms with Crippen LogP contribution in [-0.4, -0.2) is 55.0 Å². The standard InChI is InChI=1S/C8H14ClN5O4.CH4/c9-12-6(10)7-11-2-14(13-7)8-5(17)4(16)3(1-15)18-8;/h2-6,8,12,15-17H,1,10H2;1H4/t3-,4-,5-,6?,8-;/m1./s1. The van der Waals surface area contributed by atoms with Gasteiger partial charge in [-0.15, -0.1) is 0 Å². The number of nitrogens with two attached hydrogens (primary N) is 1. The average molecular weight is 296 g/mol. The molecule has 0 saturated carbocycles. The van der Waals surface area contributed by atoms with Gasteiger partial charge in [0.15, 0.2) is 12.1 Å². The van der Waals surface area contributed by atoms with Crippen LogP contribution in [0.3, 0.4) is 0 Å². The third kappa shape index (κ3) is 3.03. The van der Waals surface area contributed by atoms with Gasteiger partial charge in [-0.25, -0.2) is 14.5 Å². The lowest BCUT2D eigenvalue weighted by molar-refractivity contribution is -0.0589. The zero-order valence-electron chi connectivity index (χ0n) is 9.22. The van der Waals surface area contributed by atoms with Crippen LogP contribution in [0.1, 0.15) is 25.6 Å². The fraction of sp³-hybridized carbons (Fsp3) is 0.778. The average Bonchev–Trinajstić information content (AvgIpc) is 2.96. The predicted molar refractivity (Wildman–Crippen MR) is 65.7 cm³/mol. The van der Waals surface area contributed by atoms with E-state index in [4.69, 9.17) is 27.4 Å². The first-order valence-corrected chi connectivity index (χ1v) is 5.61. The summed E-state index contributed by atoms with van der Waals surface area (Å²) in [6, 6.07) is 0. The fourth-order valence-corrected chi connectivity index (χ4v) is 1.80. The van der Waals surface area contributed by atoms with Crippen LogP contribution in [0, 0.1) is 0 Å². The first kappa shape index (κ1) is 16.2. The van der Waals surface area contributed by atoms with Gasteiger partial charge < -0.3 is 25.8 Å². The molecule has 1 saturated heterocycles. The Labute approximate surface area is 115 Å². The van der Waals surface area contributed by atoms with Gasteiger partial charge in [-0.05, 0) is 11.8 Å². The topological polar surface area (TPSA) is 139 Å². The molecule has 2 heterocycles. The maximum atomic E-state index is 9.77. The van der Waals surface area contributed by atoms with Crippen LogP contribution in [0.25, 0.3) is 0 Å². The maximum Gasteiger partial charge on any atom is 0.183 e. The van der Waals surface area contributed by atoms with Crippen LogP contribution in [0.5, 0.6) is 0 Å². The van der Waals surface area contributed by atoms with E-state index < -0.39 is 37.3 Å². The second-order valence-corrected chi connectivity index (χ2v) is 4.12. The molecule has 110 valence electrons. The fourth-order valence-electron chi connectivity index (χ4n) is 1.70. The Bertz CT molecular complexity index is 406. The van der Waals surface area contributed by atoms with Crippen molar-refractivity contribution in [1.82, 2.24) is 19.6 Å². The van der Waals surface area contributed by atoms with Gasteiger partial charge >= 0.3 is 0 Å². The number of rotatable bonds is 4. The number of halogens is 1. The molecule has 5 atom stereocenters. The van der Waals surface area contributed by atoms with Crippen LogP contribution >= 0.6 is 11.8 Å². The van der Waals surface area contributed by atoms with E-state index in [-0.39, 0.29) is 13.3 Å². The highest BCUT2D eigenvalue weighted by Crippen LogP contribution is 2.28. The van der Waals surface area contributed by atoms with Gasteiger partial charge in [0.1, 0.15) is 30.8 Å².